The van der Waals surface area contributed by atoms with E-state index in [1.165, 1.54) is 122 Å². The third-order valence-electron chi connectivity index (χ3n) is 12.3. The number of allylic oxidation sites excluding steroid dienone is 14. The molecule has 392 valence electrons. The number of unbranched alkanes of at least 4 members (excludes halogenated alkanes) is 22. The number of aliphatic hydroxyl groups excluding tert-OH is 4. The lowest BCUT2D eigenvalue weighted by molar-refractivity contribution is -0.305. The minimum Gasteiger partial charge on any atom is -0.457 e. The summed E-state index contributed by atoms with van der Waals surface area (Å²) in [5.41, 5.74) is 0. The van der Waals surface area contributed by atoms with Gasteiger partial charge in [-0.1, -0.05) is 208 Å². The summed E-state index contributed by atoms with van der Waals surface area (Å²) in [6, 6.07) is 0. The molecule has 0 bridgehead atoms. The number of hydrogen-bond donors (Lipinski definition) is 4. The van der Waals surface area contributed by atoms with E-state index in [-0.39, 0.29) is 19.2 Å². The molecular formula is C59H102O9. The van der Waals surface area contributed by atoms with Crippen molar-refractivity contribution in [1.29, 1.82) is 0 Å². The summed E-state index contributed by atoms with van der Waals surface area (Å²) in [5, 5.41) is 40.3. The van der Waals surface area contributed by atoms with Gasteiger partial charge in [0.2, 0.25) is 0 Å². The lowest BCUT2D eigenvalue weighted by Crippen LogP contribution is -2.59. The van der Waals surface area contributed by atoms with E-state index in [2.05, 4.69) is 98.9 Å². The van der Waals surface area contributed by atoms with Gasteiger partial charge >= 0.3 is 5.97 Å². The van der Waals surface area contributed by atoms with Crippen molar-refractivity contribution >= 4 is 5.97 Å². The summed E-state index contributed by atoms with van der Waals surface area (Å²) < 4.78 is 22.9. The standard InChI is InChI=1S/C59H102O9/c1-3-5-7-9-11-13-15-17-19-21-23-25-26-27-28-29-30-32-34-36-38-40-42-44-46-48-55(61)67-53(52-66-59-58(64)57(63)56(62)54(50-60)68-59)51-65-49-47-45-43-41-39-37-35-33-31-24-22-20-18-16-14-12-10-8-6-4-2/h5,7,11-14,17-20,23,25,27-28,53-54,56-60,62-64H,3-4,6,8-10,15-16,21-22,24,26,29-52H2,1-2H3/b7-5-,13-11-,14-12-,19-17-,20-18-,25-23-,28-27-. The second-order valence-electron chi connectivity index (χ2n) is 18.6. The quantitative estimate of drug-likeness (QED) is 0.0267. The SMILES string of the molecule is CC/C=C\C/C=C\C/C=C\C/C=C\C/C=C\CCCCCCCCCCCC(=O)OC(COCCCCCCCCCCCC/C=C\C/C=C\CCCCC)COC1OC(CO)C(O)C(O)C1O. The molecule has 1 saturated heterocycles. The Morgan fingerprint density at radius 3 is 1.35 bits per heavy atom. The smallest absolute Gasteiger partial charge is 0.306 e. The molecule has 1 fully saturated rings. The van der Waals surface area contributed by atoms with Gasteiger partial charge in [0.1, 0.15) is 30.5 Å². The number of esters is 1. The Labute approximate surface area is 416 Å². The molecule has 6 unspecified atom stereocenters. The first kappa shape index (κ1) is 63.4. The van der Waals surface area contributed by atoms with Crippen LogP contribution in [0.5, 0.6) is 0 Å². The number of rotatable bonds is 47. The van der Waals surface area contributed by atoms with Gasteiger partial charge in [-0.3, -0.25) is 4.79 Å². The third-order valence-corrected chi connectivity index (χ3v) is 12.3. The highest BCUT2D eigenvalue weighted by Gasteiger charge is 2.44. The molecule has 4 N–H and O–H groups in total. The van der Waals surface area contributed by atoms with Gasteiger partial charge in [0.25, 0.3) is 0 Å². The minimum atomic E-state index is -1.54. The molecule has 1 aliphatic heterocycles. The normalized spacial score (nSPS) is 19.8. The second kappa shape index (κ2) is 49.4. The number of hydrogen-bond acceptors (Lipinski definition) is 9. The van der Waals surface area contributed by atoms with E-state index in [1.807, 2.05) is 0 Å². The Morgan fingerprint density at radius 1 is 0.485 bits per heavy atom. The Balaban J connectivity index is 2.19. The van der Waals surface area contributed by atoms with Gasteiger partial charge in [0.15, 0.2) is 6.29 Å². The zero-order chi connectivity index (χ0) is 49.2. The van der Waals surface area contributed by atoms with E-state index in [0.29, 0.717) is 13.0 Å². The number of carbonyl (C=O) groups excluding carboxylic acids is 1. The van der Waals surface area contributed by atoms with Crippen molar-refractivity contribution in [3.05, 3.63) is 85.1 Å². The highest BCUT2D eigenvalue weighted by atomic mass is 16.7. The van der Waals surface area contributed by atoms with Crippen LogP contribution in [0.15, 0.2) is 85.1 Å². The van der Waals surface area contributed by atoms with Crippen LogP contribution in [0.1, 0.15) is 219 Å². The van der Waals surface area contributed by atoms with Crippen molar-refractivity contribution in [2.45, 2.75) is 256 Å². The maximum atomic E-state index is 12.9. The van der Waals surface area contributed by atoms with Crippen LogP contribution >= 0.6 is 0 Å². The topological polar surface area (TPSA) is 135 Å². The van der Waals surface area contributed by atoms with Crippen LogP contribution in [-0.4, -0.2) is 89.6 Å². The van der Waals surface area contributed by atoms with E-state index < -0.39 is 43.4 Å². The van der Waals surface area contributed by atoms with E-state index in [0.717, 1.165) is 77.0 Å². The monoisotopic (exact) mass is 955 g/mol. The number of ether oxygens (including phenoxy) is 4. The summed E-state index contributed by atoms with van der Waals surface area (Å²) in [7, 11) is 0. The lowest BCUT2D eigenvalue weighted by Gasteiger charge is -2.39. The molecule has 0 aliphatic carbocycles. The van der Waals surface area contributed by atoms with Crippen molar-refractivity contribution in [2.75, 3.05) is 26.4 Å². The van der Waals surface area contributed by atoms with Gasteiger partial charge in [-0.2, -0.15) is 0 Å². The molecule has 9 heteroatoms. The molecule has 68 heavy (non-hydrogen) atoms. The van der Waals surface area contributed by atoms with E-state index in [4.69, 9.17) is 18.9 Å². The van der Waals surface area contributed by atoms with E-state index in [1.54, 1.807) is 0 Å². The third kappa shape index (κ3) is 39.1. The molecule has 6 atom stereocenters. The van der Waals surface area contributed by atoms with Gasteiger partial charge in [0.05, 0.1) is 19.8 Å². The first-order chi connectivity index (χ1) is 33.4. The van der Waals surface area contributed by atoms with Crippen LogP contribution in [0, 0.1) is 0 Å². The summed E-state index contributed by atoms with van der Waals surface area (Å²) in [6.07, 6.45) is 60.4. The number of aliphatic hydroxyl groups is 4. The maximum absolute atomic E-state index is 12.9. The van der Waals surface area contributed by atoms with Gasteiger partial charge in [-0.25, -0.2) is 0 Å². The average molecular weight is 955 g/mol. The van der Waals surface area contributed by atoms with Gasteiger partial charge < -0.3 is 39.4 Å². The summed E-state index contributed by atoms with van der Waals surface area (Å²) in [4.78, 5) is 12.9. The highest BCUT2D eigenvalue weighted by Crippen LogP contribution is 2.23. The Hall–Kier alpha value is -2.63. The fraction of sp³-hybridized carbons (Fsp3) is 0.746. The van der Waals surface area contributed by atoms with Crippen molar-refractivity contribution < 1.29 is 44.2 Å². The zero-order valence-electron chi connectivity index (χ0n) is 43.3. The van der Waals surface area contributed by atoms with Crippen LogP contribution in [-0.2, 0) is 23.7 Å². The fourth-order valence-corrected chi connectivity index (χ4v) is 8.02. The maximum Gasteiger partial charge on any atom is 0.306 e. The van der Waals surface area contributed by atoms with E-state index in [9.17, 15) is 25.2 Å². The van der Waals surface area contributed by atoms with Gasteiger partial charge in [-0.05, 0) is 89.9 Å². The van der Waals surface area contributed by atoms with Crippen molar-refractivity contribution in [3.8, 4) is 0 Å². The molecule has 0 spiro atoms. The Bertz CT molecular complexity index is 1320. The highest BCUT2D eigenvalue weighted by molar-refractivity contribution is 5.69. The van der Waals surface area contributed by atoms with E-state index >= 15 is 0 Å². The van der Waals surface area contributed by atoms with Crippen LogP contribution in [0.2, 0.25) is 0 Å². The molecule has 9 nitrogen and oxygen atoms in total. The molecule has 1 aliphatic rings. The van der Waals surface area contributed by atoms with Gasteiger partial charge in [0, 0.05) is 13.0 Å². The Kier molecular flexibility index (Phi) is 46.0. The van der Waals surface area contributed by atoms with Crippen molar-refractivity contribution in [1.82, 2.24) is 0 Å². The first-order valence-electron chi connectivity index (χ1n) is 27.7. The molecular weight excluding hydrogens is 853 g/mol. The van der Waals surface area contributed by atoms with Gasteiger partial charge in [-0.15, -0.1) is 0 Å². The number of carbonyl (C=O) groups is 1. The average Bonchev–Trinajstić information content (AvgIpc) is 3.34. The summed E-state index contributed by atoms with van der Waals surface area (Å²) >= 11 is 0. The molecule has 1 heterocycles. The predicted molar refractivity (Wildman–Crippen MR) is 283 cm³/mol. The van der Waals surface area contributed by atoms with Crippen LogP contribution in [0.4, 0.5) is 0 Å². The molecule has 0 saturated carbocycles. The molecule has 0 amide bonds. The Morgan fingerprint density at radius 2 is 0.897 bits per heavy atom. The molecule has 1 rings (SSSR count). The van der Waals surface area contributed by atoms with Crippen LogP contribution in [0.25, 0.3) is 0 Å². The fourth-order valence-electron chi connectivity index (χ4n) is 8.02. The van der Waals surface area contributed by atoms with Crippen LogP contribution < -0.4 is 0 Å². The van der Waals surface area contributed by atoms with Crippen molar-refractivity contribution in [3.63, 3.8) is 0 Å². The molecule has 0 aromatic rings. The molecule has 0 radical (unpaired) electrons. The second-order valence-corrected chi connectivity index (χ2v) is 18.6. The van der Waals surface area contributed by atoms with Crippen LogP contribution in [0.3, 0.4) is 0 Å². The first-order valence-corrected chi connectivity index (χ1v) is 27.7. The lowest BCUT2D eigenvalue weighted by atomic mass is 9.99. The summed E-state index contributed by atoms with van der Waals surface area (Å²) in [5.74, 6) is -0.322. The molecule has 0 aromatic heterocycles. The minimum absolute atomic E-state index is 0.121. The zero-order valence-corrected chi connectivity index (χ0v) is 43.3. The van der Waals surface area contributed by atoms with Crippen molar-refractivity contribution in [2.24, 2.45) is 0 Å². The largest absolute Gasteiger partial charge is 0.457 e. The predicted octanol–water partition coefficient (Wildman–Crippen LogP) is 14.1. The molecule has 0 aromatic carbocycles. The summed E-state index contributed by atoms with van der Waals surface area (Å²) in [6.45, 7) is 4.42.